The number of likely N-dealkylation sites (N-methyl/N-ethyl adjacent to an activating group) is 1. The van der Waals surface area contributed by atoms with Gasteiger partial charge in [0.25, 0.3) is 5.91 Å². The van der Waals surface area contributed by atoms with Crippen molar-refractivity contribution in [2.75, 3.05) is 23.9 Å². The smallest absolute Gasteiger partial charge is 0.319 e. The number of benzene rings is 1. The third-order valence-electron chi connectivity index (χ3n) is 4.36. The molecule has 2 N–H and O–H groups in total. The summed E-state index contributed by atoms with van der Waals surface area (Å²) in [4.78, 5) is 31.3. The van der Waals surface area contributed by atoms with Gasteiger partial charge in [0.15, 0.2) is 6.61 Å². The number of rotatable bonds is 4. The zero-order valence-electron chi connectivity index (χ0n) is 15.3. The van der Waals surface area contributed by atoms with Gasteiger partial charge < -0.3 is 20.3 Å². The Labute approximate surface area is 156 Å². The second-order valence-corrected chi connectivity index (χ2v) is 7.41. The molecule has 0 radical (unpaired) electrons. The first-order valence-corrected chi connectivity index (χ1v) is 9.25. The molecular formula is C18H22N4O3S. The van der Waals surface area contributed by atoms with Gasteiger partial charge in [-0.05, 0) is 32.4 Å². The second-order valence-electron chi connectivity index (χ2n) is 6.18. The minimum Gasteiger partial charge on any atom is -0.481 e. The largest absolute Gasteiger partial charge is 0.481 e. The topological polar surface area (TPSA) is 83.6 Å². The van der Waals surface area contributed by atoms with E-state index in [1.165, 1.54) is 0 Å². The monoisotopic (exact) mass is 374 g/mol. The summed E-state index contributed by atoms with van der Waals surface area (Å²) in [6.45, 7) is 6.01. The maximum atomic E-state index is 12.4. The normalized spacial score (nSPS) is 14.5. The maximum Gasteiger partial charge on any atom is 0.319 e. The van der Waals surface area contributed by atoms with E-state index in [0.29, 0.717) is 17.1 Å². The van der Waals surface area contributed by atoms with E-state index in [0.717, 1.165) is 22.0 Å². The number of aromatic nitrogens is 1. The Morgan fingerprint density at radius 3 is 2.85 bits per heavy atom. The molecule has 1 unspecified atom stereocenters. The SMILES string of the molecule is CCC(NC(=O)Nc1ccc2c(c1)OCC(=O)N2C)c1nc(C)c(C)s1. The van der Waals surface area contributed by atoms with Gasteiger partial charge in [-0.2, -0.15) is 0 Å². The summed E-state index contributed by atoms with van der Waals surface area (Å²) < 4.78 is 5.44. The lowest BCUT2D eigenvalue weighted by Crippen LogP contribution is -2.35. The average Bonchev–Trinajstić information content (AvgIpc) is 2.95. The van der Waals surface area contributed by atoms with Gasteiger partial charge in [0.2, 0.25) is 0 Å². The lowest BCUT2D eigenvalue weighted by atomic mass is 10.2. The first kappa shape index (κ1) is 18.2. The summed E-state index contributed by atoms with van der Waals surface area (Å²) in [6.07, 6.45) is 0.750. The van der Waals surface area contributed by atoms with Crippen LogP contribution in [0.5, 0.6) is 5.75 Å². The van der Waals surface area contributed by atoms with Crippen LogP contribution < -0.4 is 20.3 Å². The molecule has 3 amide bonds. The quantitative estimate of drug-likeness (QED) is 0.859. The molecule has 0 aliphatic carbocycles. The molecule has 1 aromatic heterocycles. The second kappa shape index (κ2) is 7.33. The van der Waals surface area contributed by atoms with Gasteiger partial charge in [-0.3, -0.25) is 4.79 Å². The van der Waals surface area contributed by atoms with E-state index in [9.17, 15) is 9.59 Å². The molecule has 7 nitrogen and oxygen atoms in total. The van der Waals surface area contributed by atoms with Crippen LogP contribution >= 0.6 is 11.3 Å². The van der Waals surface area contributed by atoms with Crippen LogP contribution in [0, 0.1) is 13.8 Å². The highest BCUT2D eigenvalue weighted by Gasteiger charge is 2.23. The molecule has 1 atom stereocenters. The predicted octanol–water partition coefficient (Wildman–Crippen LogP) is 3.39. The van der Waals surface area contributed by atoms with Crippen LogP contribution in [0.15, 0.2) is 18.2 Å². The molecule has 0 bridgehead atoms. The number of thiazole rings is 1. The summed E-state index contributed by atoms with van der Waals surface area (Å²) >= 11 is 1.60. The number of fused-ring (bicyclic) bond motifs is 1. The molecule has 3 rings (SSSR count). The summed E-state index contributed by atoms with van der Waals surface area (Å²) in [7, 11) is 1.70. The molecule has 2 aromatic rings. The van der Waals surface area contributed by atoms with Gasteiger partial charge >= 0.3 is 6.03 Å². The van der Waals surface area contributed by atoms with Crippen molar-refractivity contribution in [2.24, 2.45) is 0 Å². The molecule has 2 heterocycles. The number of hydrogen-bond donors (Lipinski definition) is 2. The minimum atomic E-state index is -0.303. The van der Waals surface area contributed by atoms with Crippen LogP contribution in [0.4, 0.5) is 16.2 Å². The van der Waals surface area contributed by atoms with Crippen molar-refractivity contribution in [3.05, 3.63) is 33.8 Å². The Hall–Kier alpha value is -2.61. The van der Waals surface area contributed by atoms with Gasteiger partial charge in [0.05, 0.1) is 17.4 Å². The fraction of sp³-hybridized carbons (Fsp3) is 0.389. The highest BCUT2D eigenvalue weighted by molar-refractivity contribution is 7.11. The molecule has 0 spiro atoms. The molecular weight excluding hydrogens is 352 g/mol. The Morgan fingerprint density at radius 2 is 2.19 bits per heavy atom. The van der Waals surface area contributed by atoms with Gasteiger partial charge in [-0.25, -0.2) is 9.78 Å². The van der Waals surface area contributed by atoms with Crippen molar-refractivity contribution < 1.29 is 14.3 Å². The molecule has 8 heteroatoms. The number of urea groups is 1. The van der Waals surface area contributed by atoms with E-state index < -0.39 is 0 Å². The van der Waals surface area contributed by atoms with Crippen LogP contribution in [0.1, 0.15) is 35.0 Å². The van der Waals surface area contributed by atoms with Crippen molar-refractivity contribution in [2.45, 2.75) is 33.2 Å². The van der Waals surface area contributed by atoms with E-state index in [1.807, 2.05) is 20.8 Å². The van der Waals surface area contributed by atoms with Crippen molar-refractivity contribution in [1.82, 2.24) is 10.3 Å². The molecule has 138 valence electrons. The average molecular weight is 374 g/mol. The van der Waals surface area contributed by atoms with Gasteiger partial charge in [-0.1, -0.05) is 6.92 Å². The molecule has 1 aromatic carbocycles. The van der Waals surface area contributed by atoms with Gasteiger partial charge in [0.1, 0.15) is 10.8 Å². The molecule has 0 fully saturated rings. The Bertz CT molecular complexity index is 829. The number of hydrogen-bond acceptors (Lipinski definition) is 5. The Kier molecular flexibility index (Phi) is 5.13. The molecule has 26 heavy (non-hydrogen) atoms. The third-order valence-corrected chi connectivity index (χ3v) is 5.55. The van der Waals surface area contributed by atoms with E-state index in [-0.39, 0.29) is 24.6 Å². The fourth-order valence-corrected chi connectivity index (χ4v) is 3.72. The van der Waals surface area contributed by atoms with E-state index >= 15 is 0 Å². The van der Waals surface area contributed by atoms with Crippen molar-refractivity contribution >= 4 is 34.6 Å². The van der Waals surface area contributed by atoms with Crippen molar-refractivity contribution in [3.8, 4) is 5.75 Å². The molecule has 0 saturated carbocycles. The number of nitrogens with one attached hydrogen (secondary N) is 2. The fourth-order valence-electron chi connectivity index (χ4n) is 2.67. The summed E-state index contributed by atoms with van der Waals surface area (Å²) in [5.41, 5.74) is 2.29. The third kappa shape index (κ3) is 3.65. The summed E-state index contributed by atoms with van der Waals surface area (Å²) in [5, 5.41) is 6.69. The number of anilines is 2. The van der Waals surface area contributed by atoms with Crippen LogP contribution in [-0.4, -0.2) is 30.6 Å². The predicted molar refractivity (Wildman–Crippen MR) is 102 cm³/mol. The number of aryl methyl sites for hydroxylation is 2. The Balaban J connectivity index is 1.69. The number of ether oxygens (including phenoxy) is 1. The first-order valence-electron chi connectivity index (χ1n) is 8.44. The van der Waals surface area contributed by atoms with Crippen LogP contribution in [0.3, 0.4) is 0 Å². The van der Waals surface area contributed by atoms with Gasteiger partial charge in [-0.15, -0.1) is 11.3 Å². The Morgan fingerprint density at radius 1 is 1.42 bits per heavy atom. The number of carbonyl (C=O) groups excluding carboxylic acids is 2. The van der Waals surface area contributed by atoms with Crippen LogP contribution in [0.25, 0.3) is 0 Å². The number of nitrogens with zero attached hydrogens (tertiary/aromatic N) is 2. The zero-order chi connectivity index (χ0) is 18.8. The number of amides is 3. The van der Waals surface area contributed by atoms with Crippen molar-refractivity contribution in [3.63, 3.8) is 0 Å². The van der Waals surface area contributed by atoms with E-state index in [1.54, 1.807) is 41.5 Å². The standard InChI is InChI=1S/C18H22N4O3S/c1-5-13(17-19-10(2)11(3)26-17)21-18(24)20-12-6-7-14-15(8-12)25-9-16(23)22(14)4/h6-8,13H,5,9H2,1-4H3,(H2,20,21,24). The minimum absolute atomic E-state index is 0.000190. The summed E-state index contributed by atoms with van der Waals surface area (Å²) in [5.74, 6) is 0.471. The van der Waals surface area contributed by atoms with Crippen molar-refractivity contribution in [1.29, 1.82) is 0 Å². The highest BCUT2D eigenvalue weighted by atomic mass is 32.1. The lowest BCUT2D eigenvalue weighted by Gasteiger charge is -2.26. The van der Waals surface area contributed by atoms with E-state index in [2.05, 4.69) is 15.6 Å². The lowest BCUT2D eigenvalue weighted by molar-refractivity contribution is -0.120. The van der Waals surface area contributed by atoms with Crippen LogP contribution in [-0.2, 0) is 4.79 Å². The molecule has 0 saturated heterocycles. The summed E-state index contributed by atoms with van der Waals surface area (Å²) in [6, 6.07) is 4.78. The number of carbonyl (C=O) groups is 2. The molecule has 1 aliphatic heterocycles. The van der Waals surface area contributed by atoms with Crippen LogP contribution in [0.2, 0.25) is 0 Å². The highest BCUT2D eigenvalue weighted by Crippen LogP contribution is 2.33. The maximum absolute atomic E-state index is 12.4. The van der Waals surface area contributed by atoms with E-state index in [4.69, 9.17) is 4.74 Å². The van der Waals surface area contributed by atoms with Gasteiger partial charge in [0, 0.05) is 23.7 Å². The first-order chi connectivity index (χ1) is 12.4. The molecule has 1 aliphatic rings. The zero-order valence-corrected chi connectivity index (χ0v) is 16.1.